The Balaban J connectivity index is 0.00000145. The van der Waals surface area contributed by atoms with E-state index in [0.717, 1.165) is 23.1 Å². The molecule has 1 amide bonds. The molecule has 192 valence electrons. The first-order chi connectivity index (χ1) is 16.7. The van der Waals surface area contributed by atoms with Gasteiger partial charge in [0, 0.05) is 12.8 Å². The Morgan fingerprint density at radius 1 is 1.09 bits per heavy atom. The van der Waals surface area contributed by atoms with Gasteiger partial charge in [0.1, 0.15) is 11.0 Å². The van der Waals surface area contributed by atoms with E-state index in [0.29, 0.717) is 17.5 Å². The van der Waals surface area contributed by atoms with Crippen LogP contribution in [0.2, 0.25) is 0 Å². The van der Waals surface area contributed by atoms with Crippen LogP contribution in [0.25, 0.3) is 22.0 Å². The zero-order valence-electron chi connectivity index (χ0n) is 21.1. The molecule has 1 atom stereocenters. The number of nitrogens with one attached hydrogen (secondary N) is 1. The number of aromatic nitrogens is 2. The van der Waals surface area contributed by atoms with E-state index in [2.05, 4.69) is 4.98 Å². The van der Waals surface area contributed by atoms with Gasteiger partial charge in [0.15, 0.2) is 9.84 Å². The van der Waals surface area contributed by atoms with Crippen LogP contribution in [0.5, 0.6) is 5.75 Å². The van der Waals surface area contributed by atoms with E-state index in [-0.39, 0.29) is 18.5 Å². The summed E-state index contributed by atoms with van der Waals surface area (Å²) in [5.41, 5.74) is 3.34. The van der Waals surface area contributed by atoms with Gasteiger partial charge in [0.05, 0.1) is 23.8 Å². The fourth-order valence-electron chi connectivity index (χ4n) is 3.28. The first-order valence-corrected chi connectivity index (χ1v) is 13.5. The number of hydrogen-bond acceptors (Lipinski definition) is 7. The standard InChI is InChI=1S/C21H23N3O6S.2C2H6/c1-3-30-16-7-4-14(5-8-16)15-6-9-17-18(12-15)22-13-24(21(17)26)11-10-19(20(25)23-27)31(2,28)29;2*1-2/h4-9,12-13,19,27H,3,10-11H2,1-2H3,(H,23,25);2*1-2H3. The predicted octanol–water partition coefficient (Wildman–Crippen LogP) is 3.82. The summed E-state index contributed by atoms with van der Waals surface area (Å²) in [6.07, 6.45) is 2.04. The molecule has 0 saturated heterocycles. The Labute approximate surface area is 206 Å². The lowest BCUT2D eigenvalue weighted by atomic mass is 10.0. The van der Waals surface area contributed by atoms with Crippen molar-refractivity contribution in [1.82, 2.24) is 15.0 Å². The minimum absolute atomic E-state index is 0.0480. The van der Waals surface area contributed by atoms with Gasteiger partial charge in [-0.1, -0.05) is 45.9 Å². The van der Waals surface area contributed by atoms with Crippen LogP contribution >= 0.6 is 0 Å². The Kier molecular flexibility index (Phi) is 12.1. The first kappa shape index (κ1) is 29.8. The lowest BCUT2D eigenvalue weighted by Crippen LogP contribution is -2.39. The molecule has 0 aliphatic heterocycles. The van der Waals surface area contributed by atoms with Crippen molar-refractivity contribution in [2.75, 3.05) is 12.9 Å². The highest BCUT2D eigenvalue weighted by molar-refractivity contribution is 7.92. The zero-order chi connectivity index (χ0) is 26.6. The normalized spacial score (nSPS) is 11.4. The average Bonchev–Trinajstić information content (AvgIpc) is 2.87. The molecule has 35 heavy (non-hydrogen) atoms. The van der Waals surface area contributed by atoms with E-state index in [9.17, 15) is 18.0 Å². The molecule has 0 aliphatic rings. The summed E-state index contributed by atoms with van der Waals surface area (Å²) in [5.74, 6) is -0.264. The summed E-state index contributed by atoms with van der Waals surface area (Å²) in [5, 5.41) is 7.68. The van der Waals surface area contributed by atoms with E-state index in [1.165, 1.54) is 16.4 Å². The minimum atomic E-state index is -3.76. The maximum atomic E-state index is 12.8. The lowest BCUT2D eigenvalue weighted by Gasteiger charge is -2.14. The molecule has 9 nitrogen and oxygen atoms in total. The average molecular weight is 506 g/mol. The molecular formula is C25H35N3O6S. The second-order valence-corrected chi connectivity index (χ2v) is 9.24. The number of ether oxygens (including phenoxy) is 1. The fraction of sp³-hybridized carbons (Fsp3) is 0.400. The summed E-state index contributed by atoms with van der Waals surface area (Å²) < 4.78 is 30.3. The van der Waals surface area contributed by atoms with Crippen LogP contribution in [0.4, 0.5) is 0 Å². The van der Waals surface area contributed by atoms with Crippen LogP contribution < -0.4 is 15.8 Å². The number of carbonyl (C=O) groups is 1. The Hall–Kier alpha value is -3.24. The summed E-state index contributed by atoms with van der Waals surface area (Å²) in [6.45, 7) is 10.5. The SMILES string of the molecule is CC.CC.CCOc1ccc(-c2ccc3c(=O)n(CCC(C(=O)NO)S(C)(=O)=O)cnc3c2)cc1. The van der Waals surface area contributed by atoms with Crippen LogP contribution in [-0.4, -0.2) is 47.2 Å². The summed E-state index contributed by atoms with van der Waals surface area (Å²) in [6, 6.07) is 12.9. The van der Waals surface area contributed by atoms with Crippen molar-refractivity contribution in [3.05, 3.63) is 59.1 Å². The maximum Gasteiger partial charge on any atom is 0.261 e. The van der Waals surface area contributed by atoms with Gasteiger partial charge in [0.2, 0.25) is 0 Å². The topological polar surface area (TPSA) is 128 Å². The molecule has 0 fully saturated rings. The molecule has 0 spiro atoms. The third kappa shape index (κ3) is 7.90. The summed E-state index contributed by atoms with van der Waals surface area (Å²) in [7, 11) is -3.76. The van der Waals surface area contributed by atoms with Crippen LogP contribution in [0, 0.1) is 0 Å². The summed E-state index contributed by atoms with van der Waals surface area (Å²) >= 11 is 0. The Bertz CT molecular complexity index is 1250. The first-order valence-electron chi connectivity index (χ1n) is 11.6. The zero-order valence-corrected chi connectivity index (χ0v) is 21.9. The van der Waals surface area contributed by atoms with Crippen LogP contribution in [0.1, 0.15) is 41.0 Å². The molecule has 0 radical (unpaired) electrons. The quantitative estimate of drug-likeness (QED) is 0.352. The van der Waals surface area contributed by atoms with E-state index >= 15 is 0 Å². The molecule has 3 rings (SSSR count). The third-order valence-electron chi connectivity index (χ3n) is 4.88. The van der Waals surface area contributed by atoms with Gasteiger partial charge in [0.25, 0.3) is 11.5 Å². The van der Waals surface area contributed by atoms with Gasteiger partial charge in [-0.15, -0.1) is 0 Å². The predicted molar refractivity (Wildman–Crippen MR) is 138 cm³/mol. The molecule has 0 bridgehead atoms. The van der Waals surface area contributed by atoms with Crippen molar-refractivity contribution >= 4 is 26.6 Å². The number of rotatable bonds is 8. The number of hydrogen-bond donors (Lipinski definition) is 2. The molecule has 1 unspecified atom stereocenters. The number of hydroxylamine groups is 1. The second-order valence-electron chi connectivity index (χ2n) is 7.02. The molecule has 3 aromatic rings. The molecule has 2 aromatic carbocycles. The number of nitrogens with zero attached hydrogens (tertiary/aromatic N) is 2. The molecule has 0 saturated carbocycles. The number of amides is 1. The van der Waals surface area contributed by atoms with Crippen molar-refractivity contribution in [1.29, 1.82) is 0 Å². The second kappa shape index (κ2) is 14.2. The minimum Gasteiger partial charge on any atom is -0.494 e. The van der Waals surface area contributed by atoms with Gasteiger partial charge in [-0.05, 0) is 48.7 Å². The number of benzene rings is 2. The lowest BCUT2D eigenvalue weighted by molar-refractivity contribution is -0.128. The monoisotopic (exact) mass is 505 g/mol. The van der Waals surface area contributed by atoms with Crippen LogP contribution in [0.15, 0.2) is 53.6 Å². The van der Waals surface area contributed by atoms with E-state index < -0.39 is 21.0 Å². The van der Waals surface area contributed by atoms with E-state index in [1.807, 2.05) is 65.0 Å². The molecular weight excluding hydrogens is 470 g/mol. The van der Waals surface area contributed by atoms with Crippen LogP contribution in [-0.2, 0) is 21.2 Å². The van der Waals surface area contributed by atoms with E-state index in [4.69, 9.17) is 9.94 Å². The van der Waals surface area contributed by atoms with Crippen molar-refractivity contribution in [2.45, 2.75) is 52.8 Å². The smallest absolute Gasteiger partial charge is 0.261 e. The van der Waals surface area contributed by atoms with Gasteiger partial charge < -0.3 is 4.74 Å². The van der Waals surface area contributed by atoms with Gasteiger partial charge in [-0.2, -0.15) is 0 Å². The molecule has 2 N–H and O–H groups in total. The van der Waals surface area contributed by atoms with E-state index in [1.54, 1.807) is 12.1 Å². The molecule has 10 heteroatoms. The largest absolute Gasteiger partial charge is 0.494 e. The molecule has 1 aromatic heterocycles. The number of sulfone groups is 1. The van der Waals surface area contributed by atoms with Crippen LogP contribution in [0.3, 0.4) is 0 Å². The third-order valence-corrected chi connectivity index (χ3v) is 6.36. The van der Waals surface area contributed by atoms with Gasteiger partial charge >= 0.3 is 0 Å². The Morgan fingerprint density at radius 3 is 2.23 bits per heavy atom. The number of aryl methyl sites for hydroxylation is 1. The summed E-state index contributed by atoms with van der Waals surface area (Å²) in [4.78, 5) is 28.8. The Morgan fingerprint density at radius 2 is 1.69 bits per heavy atom. The van der Waals surface area contributed by atoms with Crippen molar-refractivity contribution in [2.24, 2.45) is 0 Å². The highest BCUT2D eigenvalue weighted by Gasteiger charge is 2.28. The van der Waals surface area contributed by atoms with Crippen molar-refractivity contribution < 1.29 is 23.2 Å². The van der Waals surface area contributed by atoms with Crippen molar-refractivity contribution in [3.8, 4) is 16.9 Å². The number of fused-ring (bicyclic) bond motifs is 1. The molecule has 1 heterocycles. The maximum absolute atomic E-state index is 12.8. The molecule has 0 aliphatic carbocycles. The van der Waals surface area contributed by atoms with Gasteiger partial charge in [-0.25, -0.2) is 18.9 Å². The highest BCUT2D eigenvalue weighted by atomic mass is 32.2. The highest BCUT2D eigenvalue weighted by Crippen LogP contribution is 2.24. The number of carbonyl (C=O) groups excluding carboxylic acids is 1. The van der Waals surface area contributed by atoms with Crippen molar-refractivity contribution in [3.63, 3.8) is 0 Å². The van der Waals surface area contributed by atoms with Gasteiger partial charge in [-0.3, -0.25) is 19.4 Å². The fourth-order valence-corrected chi connectivity index (χ4v) is 4.25.